The average Bonchev–Trinajstić information content (AvgIpc) is 2.29. The van der Waals surface area contributed by atoms with Crippen molar-refractivity contribution in [2.45, 2.75) is 0 Å². The van der Waals surface area contributed by atoms with Crippen molar-refractivity contribution in [3.8, 4) is 0 Å². The summed E-state index contributed by atoms with van der Waals surface area (Å²) in [5.41, 5.74) is 2.78. The van der Waals surface area contributed by atoms with Crippen LogP contribution in [0.25, 0.3) is 0 Å². The van der Waals surface area contributed by atoms with Crippen LogP contribution in [-0.4, -0.2) is 31.2 Å². The van der Waals surface area contributed by atoms with Crippen molar-refractivity contribution in [1.82, 2.24) is 10.3 Å². The number of nitrogens with two attached hydrogens (primary N) is 1. The summed E-state index contributed by atoms with van der Waals surface area (Å²) in [6.45, 7) is 0.922. The van der Waals surface area contributed by atoms with Crippen LogP contribution in [0, 0.1) is 0 Å². The molecule has 0 spiro atoms. The van der Waals surface area contributed by atoms with Crippen LogP contribution >= 0.6 is 0 Å². The zero-order valence-electron chi connectivity index (χ0n) is 8.49. The Hall–Kier alpha value is -1.66. The lowest BCUT2D eigenvalue weighted by atomic mass is 10.2. The third kappa shape index (κ3) is 3.19. The molecule has 1 amide bonds. The predicted octanol–water partition coefficient (Wildman–Crippen LogP) is -0.257. The molecule has 0 saturated carbocycles. The Bertz CT molecular complexity index is 330. The summed E-state index contributed by atoms with van der Waals surface area (Å²) in [4.78, 5) is 15.5. The van der Waals surface area contributed by atoms with Gasteiger partial charge in [-0.2, -0.15) is 0 Å². The number of hydrogen-bond donors (Lipinski definition) is 3. The largest absolute Gasteiger partial charge is 0.383 e. The van der Waals surface area contributed by atoms with Gasteiger partial charge in [0, 0.05) is 19.9 Å². The van der Waals surface area contributed by atoms with Crippen LogP contribution in [0.2, 0.25) is 0 Å². The number of aromatic nitrogens is 1. The molecule has 1 rings (SSSR count). The van der Waals surface area contributed by atoms with Crippen LogP contribution in [-0.2, 0) is 4.74 Å². The van der Waals surface area contributed by atoms with E-state index in [4.69, 9.17) is 10.6 Å². The molecule has 0 aliphatic heterocycles. The Balaban J connectivity index is 2.64. The summed E-state index contributed by atoms with van der Waals surface area (Å²) in [5.74, 6) is 5.35. The Morgan fingerprint density at radius 3 is 3.13 bits per heavy atom. The number of nitrogens with zero attached hydrogens (tertiary/aromatic N) is 1. The highest BCUT2D eigenvalue weighted by Gasteiger charge is 2.09. The number of hydrazine groups is 1. The second-order valence-electron chi connectivity index (χ2n) is 2.79. The van der Waals surface area contributed by atoms with E-state index < -0.39 is 0 Å². The molecule has 82 valence electrons. The molecule has 0 aliphatic carbocycles. The molecule has 0 fully saturated rings. The SMILES string of the molecule is COCCNC(=O)c1cccnc1NN. The molecule has 1 aromatic rings. The first-order chi connectivity index (χ1) is 7.29. The molecule has 0 aliphatic rings. The van der Waals surface area contributed by atoms with Gasteiger partial charge < -0.3 is 15.5 Å². The summed E-state index contributed by atoms with van der Waals surface area (Å²) in [6.07, 6.45) is 1.56. The fraction of sp³-hybridized carbons (Fsp3) is 0.333. The van der Waals surface area contributed by atoms with Crippen LogP contribution in [0.5, 0.6) is 0 Å². The normalized spacial score (nSPS) is 9.73. The molecule has 6 heteroatoms. The van der Waals surface area contributed by atoms with Crippen LogP contribution in [0.1, 0.15) is 10.4 Å². The topological polar surface area (TPSA) is 89.3 Å². The molecule has 0 bridgehead atoms. The molecule has 1 aromatic heterocycles. The standard InChI is InChI=1S/C9H14N4O2/c1-15-6-5-12-9(14)7-3-2-4-11-8(7)13-10/h2-4H,5-6,10H2,1H3,(H,11,13)(H,12,14). The third-order valence-corrected chi connectivity index (χ3v) is 1.78. The Kier molecular flexibility index (Phi) is 4.52. The van der Waals surface area contributed by atoms with Gasteiger partial charge in [0.2, 0.25) is 0 Å². The fourth-order valence-corrected chi connectivity index (χ4v) is 1.07. The second kappa shape index (κ2) is 5.94. The first kappa shape index (κ1) is 11.4. The lowest BCUT2D eigenvalue weighted by Gasteiger charge is -2.07. The lowest BCUT2D eigenvalue weighted by Crippen LogP contribution is -2.28. The van der Waals surface area contributed by atoms with E-state index in [1.165, 1.54) is 0 Å². The summed E-state index contributed by atoms with van der Waals surface area (Å²) in [5, 5.41) is 2.68. The van der Waals surface area contributed by atoms with E-state index in [0.717, 1.165) is 0 Å². The quantitative estimate of drug-likeness (QED) is 0.354. The third-order valence-electron chi connectivity index (χ3n) is 1.78. The van der Waals surface area contributed by atoms with Gasteiger partial charge in [-0.05, 0) is 12.1 Å². The number of amides is 1. The lowest BCUT2D eigenvalue weighted by molar-refractivity contribution is 0.0937. The van der Waals surface area contributed by atoms with Gasteiger partial charge in [-0.3, -0.25) is 4.79 Å². The average molecular weight is 210 g/mol. The van der Waals surface area contributed by atoms with E-state index in [1.54, 1.807) is 25.4 Å². The number of nitrogen functional groups attached to an aromatic ring is 1. The van der Waals surface area contributed by atoms with Crippen molar-refractivity contribution in [3.05, 3.63) is 23.9 Å². The molecular weight excluding hydrogens is 196 g/mol. The molecule has 0 aromatic carbocycles. The number of carbonyl (C=O) groups is 1. The number of methoxy groups -OCH3 is 1. The van der Waals surface area contributed by atoms with E-state index in [9.17, 15) is 4.79 Å². The van der Waals surface area contributed by atoms with Crippen molar-refractivity contribution in [2.24, 2.45) is 5.84 Å². The molecule has 0 unspecified atom stereocenters. The van der Waals surface area contributed by atoms with Gasteiger partial charge in [0.1, 0.15) is 0 Å². The Labute approximate surface area is 87.8 Å². The highest BCUT2D eigenvalue weighted by atomic mass is 16.5. The number of rotatable bonds is 5. The van der Waals surface area contributed by atoms with Gasteiger partial charge in [0.15, 0.2) is 5.82 Å². The minimum Gasteiger partial charge on any atom is -0.383 e. The van der Waals surface area contributed by atoms with Gasteiger partial charge in [-0.15, -0.1) is 0 Å². The maximum Gasteiger partial charge on any atom is 0.255 e. The molecule has 0 radical (unpaired) electrons. The Morgan fingerprint density at radius 2 is 2.47 bits per heavy atom. The van der Waals surface area contributed by atoms with Crippen LogP contribution in [0.3, 0.4) is 0 Å². The van der Waals surface area contributed by atoms with E-state index in [2.05, 4.69) is 15.7 Å². The highest BCUT2D eigenvalue weighted by molar-refractivity contribution is 5.98. The zero-order valence-corrected chi connectivity index (χ0v) is 8.49. The number of anilines is 1. The van der Waals surface area contributed by atoms with Crippen molar-refractivity contribution < 1.29 is 9.53 Å². The fourth-order valence-electron chi connectivity index (χ4n) is 1.07. The van der Waals surface area contributed by atoms with Crippen LogP contribution < -0.4 is 16.6 Å². The maximum absolute atomic E-state index is 11.6. The molecule has 6 nitrogen and oxygen atoms in total. The molecule has 15 heavy (non-hydrogen) atoms. The highest BCUT2D eigenvalue weighted by Crippen LogP contribution is 2.08. The van der Waals surface area contributed by atoms with Gasteiger partial charge in [0.05, 0.1) is 12.2 Å². The van der Waals surface area contributed by atoms with Crippen molar-refractivity contribution in [2.75, 3.05) is 25.7 Å². The summed E-state index contributed by atoms with van der Waals surface area (Å²) in [7, 11) is 1.57. The van der Waals surface area contributed by atoms with E-state index in [1.807, 2.05) is 0 Å². The smallest absolute Gasteiger partial charge is 0.255 e. The first-order valence-electron chi connectivity index (χ1n) is 4.48. The minimum absolute atomic E-state index is 0.229. The van der Waals surface area contributed by atoms with Crippen LogP contribution in [0.15, 0.2) is 18.3 Å². The summed E-state index contributed by atoms with van der Waals surface area (Å²) in [6, 6.07) is 3.32. The molecule has 4 N–H and O–H groups in total. The number of hydrogen-bond acceptors (Lipinski definition) is 5. The predicted molar refractivity (Wildman–Crippen MR) is 56.3 cm³/mol. The number of pyridine rings is 1. The molecule has 1 heterocycles. The van der Waals surface area contributed by atoms with Crippen molar-refractivity contribution in [3.63, 3.8) is 0 Å². The van der Waals surface area contributed by atoms with Gasteiger partial charge >= 0.3 is 0 Å². The summed E-state index contributed by atoms with van der Waals surface area (Å²) < 4.78 is 4.81. The van der Waals surface area contributed by atoms with Gasteiger partial charge in [-0.25, -0.2) is 10.8 Å². The first-order valence-corrected chi connectivity index (χ1v) is 4.48. The number of nitrogens with one attached hydrogen (secondary N) is 2. The van der Waals surface area contributed by atoms with Crippen LogP contribution in [0.4, 0.5) is 5.82 Å². The maximum atomic E-state index is 11.6. The van der Waals surface area contributed by atoms with Gasteiger partial charge in [-0.1, -0.05) is 0 Å². The van der Waals surface area contributed by atoms with E-state index >= 15 is 0 Å². The van der Waals surface area contributed by atoms with E-state index in [-0.39, 0.29) is 5.91 Å². The number of ether oxygens (including phenoxy) is 1. The molecular formula is C9H14N4O2. The van der Waals surface area contributed by atoms with Gasteiger partial charge in [0.25, 0.3) is 5.91 Å². The summed E-state index contributed by atoms with van der Waals surface area (Å²) >= 11 is 0. The molecule has 0 atom stereocenters. The monoisotopic (exact) mass is 210 g/mol. The Morgan fingerprint density at radius 1 is 1.67 bits per heavy atom. The number of carbonyl (C=O) groups excluding carboxylic acids is 1. The van der Waals surface area contributed by atoms with E-state index in [0.29, 0.717) is 24.5 Å². The zero-order chi connectivity index (χ0) is 11.1. The molecule has 0 saturated heterocycles. The van der Waals surface area contributed by atoms with Crippen molar-refractivity contribution >= 4 is 11.7 Å². The van der Waals surface area contributed by atoms with Crippen molar-refractivity contribution in [1.29, 1.82) is 0 Å². The second-order valence-corrected chi connectivity index (χ2v) is 2.79. The minimum atomic E-state index is -0.229.